The second-order valence-electron chi connectivity index (χ2n) is 4.02. The average Bonchev–Trinajstić information content (AvgIpc) is 2.15. The molecule has 0 amide bonds. The van der Waals surface area contributed by atoms with Crippen molar-refractivity contribution in [2.24, 2.45) is 5.92 Å². The molecule has 1 unspecified atom stereocenters. The van der Waals surface area contributed by atoms with Gasteiger partial charge in [0.2, 0.25) is 0 Å². The first-order valence-corrected chi connectivity index (χ1v) is 6.12. The molecule has 0 aromatic carbocycles. The van der Waals surface area contributed by atoms with Crippen molar-refractivity contribution in [3.63, 3.8) is 0 Å². The summed E-state index contributed by atoms with van der Waals surface area (Å²) in [6.07, 6.45) is 1.63. The van der Waals surface area contributed by atoms with Crippen molar-refractivity contribution in [1.29, 1.82) is 0 Å². The molecular weight excluding hydrogens is 200 g/mol. The van der Waals surface area contributed by atoms with Gasteiger partial charge in [0, 0.05) is 0 Å². The lowest BCUT2D eigenvalue weighted by Crippen LogP contribution is -2.51. The van der Waals surface area contributed by atoms with Crippen LogP contribution in [0.2, 0.25) is 0 Å². The van der Waals surface area contributed by atoms with Gasteiger partial charge in [0.15, 0.2) is 5.78 Å². The van der Waals surface area contributed by atoms with Crippen LogP contribution in [-0.2, 0) is 14.3 Å². The fourth-order valence-electron chi connectivity index (χ4n) is 2.19. The fraction of sp³-hybridized carbons (Fsp3) is 0.800. The maximum atomic E-state index is 11.6. The molecule has 0 aromatic heterocycles. The molecule has 2 fully saturated rings. The molecule has 14 heavy (non-hydrogen) atoms. The SMILES string of the molecule is CC1C(=O)CC(=O)OC12CCSCC2. The molecule has 0 N–H and O–H groups in total. The van der Waals surface area contributed by atoms with Crippen LogP contribution >= 0.6 is 11.8 Å². The van der Waals surface area contributed by atoms with Gasteiger partial charge in [-0.15, -0.1) is 0 Å². The van der Waals surface area contributed by atoms with Crippen molar-refractivity contribution in [3.8, 4) is 0 Å². The lowest BCUT2D eigenvalue weighted by atomic mass is 9.78. The Morgan fingerprint density at radius 1 is 1.36 bits per heavy atom. The van der Waals surface area contributed by atoms with E-state index in [1.54, 1.807) is 0 Å². The van der Waals surface area contributed by atoms with E-state index in [0.717, 1.165) is 24.3 Å². The van der Waals surface area contributed by atoms with Crippen LogP contribution in [0.25, 0.3) is 0 Å². The van der Waals surface area contributed by atoms with E-state index in [-0.39, 0.29) is 24.1 Å². The van der Waals surface area contributed by atoms with Crippen LogP contribution in [0.5, 0.6) is 0 Å². The number of carbonyl (C=O) groups is 2. The Hall–Kier alpha value is -0.510. The molecule has 0 aromatic rings. The van der Waals surface area contributed by atoms with Crippen LogP contribution in [0.4, 0.5) is 0 Å². The Morgan fingerprint density at radius 2 is 2.00 bits per heavy atom. The van der Waals surface area contributed by atoms with Crippen molar-refractivity contribution in [2.75, 3.05) is 11.5 Å². The second-order valence-corrected chi connectivity index (χ2v) is 5.24. The largest absolute Gasteiger partial charge is 0.458 e. The van der Waals surface area contributed by atoms with E-state index in [4.69, 9.17) is 4.74 Å². The standard InChI is InChI=1S/C10H14O3S/c1-7-8(11)6-9(12)13-10(7)2-4-14-5-3-10/h7H,2-6H2,1H3. The molecule has 0 bridgehead atoms. The number of Topliss-reactive ketones (excluding diaryl/α,β-unsaturated/α-hetero) is 1. The number of ether oxygens (including phenoxy) is 1. The molecule has 2 aliphatic heterocycles. The summed E-state index contributed by atoms with van der Waals surface area (Å²) in [6, 6.07) is 0. The van der Waals surface area contributed by atoms with Crippen molar-refractivity contribution in [2.45, 2.75) is 31.8 Å². The van der Waals surface area contributed by atoms with Crippen molar-refractivity contribution >= 4 is 23.5 Å². The molecular formula is C10H14O3S. The third kappa shape index (κ3) is 1.56. The molecule has 78 valence electrons. The van der Waals surface area contributed by atoms with Gasteiger partial charge in [-0.2, -0.15) is 11.8 Å². The number of carbonyl (C=O) groups excluding carboxylic acids is 2. The molecule has 0 aliphatic carbocycles. The van der Waals surface area contributed by atoms with Crippen LogP contribution in [0, 0.1) is 5.92 Å². The van der Waals surface area contributed by atoms with Gasteiger partial charge in [-0.3, -0.25) is 9.59 Å². The monoisotopic (exact) mass is 214 g/mol. The zero-order chi connectivity index (χ0) is 10.2. The van der Waals surface area contributed by atoms with Gasteiger partial charge in [0.25, 0.3) is 0 Å². The Bertz CT molecular complexity index is 269. The minimum Gasteiger partial charge on any atom is -0.458 e. The van der Waals surface area contributed by atoms with Crippen LogP contribution in [-0.4, -0.2) is 28.9 Å². The molecule has 2 aliphatic rings. The minimum absolute atomic E-state index is 0.0317. The predicted molar refractivity (Wildman–Crippen MR) is 54.2 cm³/mol. The quantitative estimate of drug-likeness (QED) is 0.451. The average molecular weight is 214 g/mol. The molecule has 2 saturated heterocycles. The van der Waals surface area contributed by atoms with E-state index in [9.17, 15) is 9.59 Å². The highest BCUT2D eigenvalue weighted by Gasteiger charge is 2.48. The molecule has 2 rings (SSSR count). The molecule has 1 atom stereocenters. The summed E-state index contributed by atoms with van der Waals surface area (Å²) in [5.41, 5.74) is -0.461. The number of hydrogen-bond donors (Lipinski definition) is 0. The molecule has 3 nitrogen and oxygen atoms in total. The Morgan fingerprint density at radius 3 is 2.64 bits per heavy atom. The van der Waals surface area contributed by atoms with Gasteiger partial charge in [-0.25, -0.2) is 0 Å². The maximum absolute atomic E-state index is 11.6. The smallest absolute Gasteiger partial charge is 0.313 e. The number of ketones is 1. The molecule has 1 spiro atoms. The number of thioether (sulfide) groups is 1. The maximum Gasteiger partial charge on any atom is 0.313 e. The van der Waals surface area contributed by atoms with Gasteiger partial charge in [-0.05, 0) is 24.3 Å². The van der Waals surface area contributed by atoms with Crippen molar-refractivity contribution in [3.05, 3.63) is 0 Å². The van der Waals surface area contributed by atoms with Crippen molar-refractivity contribution in [1.82, 2.24) is 0 Å². The van der Waals surface area contributed by atoms with E-state index in [2.05, 4.69) is 0 Å². The van der Waals surface area contributed by atoms with Gasteiger partial charge in [-0.1, -0.05) is 6.92 Å². The third-order valence-corrected chi connectivity index (χ3v) is 4.23. The highest BCUT2D eigenvalue weighted by molar-refractivity contribution is 7.99. The van der Waals surface area contributed by atoms with E-state index >= 15 is 0 Å². The van der Waals surface area contributed by atoms with Crippen LogP contribution < -0.4 is 0 Å². The first-order chi connectivity index (χ1) is 6.64. The third-order valence-electron chi connectivity index (χ3n) is 3.25. The summed E-state index contributed by atoms with van der Waals surface area (Å²) >= 11 is 1.86. The molecule has 4 heteroatoms. The number of hydrogen-bond acceptors (Lipinski definition) is 4. The summed E-state index contributed by atoms with van der Waals surface area (Å²) in [7, 11) is 0. The Kier molecular flexibility index (Phi) is 2.56. The highest BCUT2D eigenvalue weighted by Crippen LogP contribution is 2.40. The predicted octanol–water partition coefficient (Wildman–Crippen LogP) is 1.40. The lowest BCUT2D eigenvalue weighted by Gasteiger charge is -2.43. The van der Waals surface area contributed by atoms with E-state index < -0.39 is 5.60 Å². The Balaban J connectivity index is 2.21. The number of esters is 1. The normalized spacial score (nSPS) is 31.6. The van der Waals surface area contributed by atoms with Crippen LogP contribution in [0.15, 0.2) is 0 Å². The summed E-state index contributed by atoms with van der Waals surface area (Å²) in [5, 5.41) is 0. The van der Waals surface area contributed by atoms with E-state index in [0.29, 0.717) is 0 Å². The summed E-state index contributed by atoms with van der Waals surface area (Å²) < 4.78 is 5.42. The topological polar surface area (TPSA) is 43.4 Å². The summed E-state index contributed by atoms with van der Waals surface area (Å²) in [6.45, 7) is 1.89. The second kappa shape index (κ2) is 3.57. The zero-order valence-electron chi connectivity index (χ0n) is 8.25. The molecule has 2 heterocycles. The Labute approximate surface area is 87.6 Å². The summed E-state index contributed by atoms with van der Waals surface area (Å²) in [5.74, 6) is 1.59. The van der Waals surface area contributed by atoms with Gasteiger partial charge in [0.05, 0.1) is 5.92 Å². The van der Waals surface area contributed by atoms with E-state index in [1.165, 1.54) is 0 Å². The van der Waals surface area contributed by atoms with Crippen molar-refractivity contribution < 1.29 is 14.3 Å². The lowest BCUT2D eigenvalue weighted by molar-refractivity contribution is -0.179. The van der Waals surface area contributed by atoms with Gasteiger partial charge >= 0.3 is 5.97 Å². The van der Waals surface area contributed by atoms with E-state index in [1.807, 2.05) is 18.7 Å². The summed E-state index contributed by atoms with van der Waals surface area (Å²) in [4.78, 5) is 22.8. The van der Waals surface area contributed by atoms with Gasteiger partial charge in [0.1, 0.15) is 12.0 Å². The molecule has 0 radical (unpaired) electrons. The first-order valence-electron chi connectivity index (χ1n) is 4.96. The first kappa shape index (κ1) is 10.0. The number of rotatable bonds is 0. The highest BCUT2D eigenvalue weighted by atomic mass is 32.2. The zero-order valence-corrected chi connectivity index (χ0v) is 9.06. The van der Waals surface area contributed by atoms with Crippen LogP contribution in [0.1, 0.15) is 26.2 Å². The van der Waals surface area contributed by atoms with Gasteiger partial charge < -0.3 is 4.74 Å². The van der Waals surface area contributed by atoms with Crippen LogP contribution in [0.3, 0.4) is 0 Å². The minimum atomic E-state index is -0.461. The fourth-order valence-corrected chi connectivity index (χ4v) is 3.38. The molecule has 0 saturated carbocycles.